The fraction of sp³-hybridized carbons (Fsp3) is 0.188. The van der Waals surface area contributed by atoms with Crippen molar-refractivity contribution in [2.75, 3.05) is 0 Å². The molecular weight excluding hydrogens is 258 g/mol. The highest BCUT2D eigenvalue weighted by molar-refractivity contribution is 5.35. The van der Waals surface area contributed by atoms with Gasteiger partial charge in [-0.3, -0.25) is 0 Å². The van der Waals surface area contributed by atoms with E-state index < -0.39 is 5.82 Å². The van der Waals surface area contributed by atoms with Crippen molar-refractivity contribution in [3.8, 4) is 6.07 Å². The van der Waals surface area contributed by atoms with Gasteiger partial charge in [-0.05, 0) is 19.1 Å². The molecule has 0 aliphatic carbocycles. The van der Waals surface area contributed by atoms with E-state index >= 15 is 0 Å². The molecule has 0 heterocycles. The molecule has 0 saturated carbocycles. The van der Waals surface area contributed by atoms with Crippen LogP contribution in [0, 0.1) is 23.0 Å². The van der Waals surface area contributed by atoms with Gasteiger partial charge in [0.25, 0.3) is 0 Å². The quantitative estimate of drug-likeness (QED) is 0.921. The third-order valence-electron chi connectivity index (χ3n) is 3.17. The summed E-state index contributed by atoms with van der Waals surface area (Å²) in [6.07, 6.45) is 0. The summed E-state index contributed by atoms with van der Waals surface area (Å²) in [5.74, 6) is -0.818. The van der Waals surface area contributed by atoms with Gasteiger partial charge in [-0.15, -0.1) is 0 Å². The average Bonchev–Trinajstić information content (AvgIpc) is 2.46. The van der Waals surface area contributed by atoms with Crippen molar-refractivity contribution in [1.82, 2.24) is 5.32 Å². The monoisotopic (exact) mass is 272 g/mol. The fourth-order valence-electron chi connectivity index (χ4n) is 2.00. The predicted molar refractivity (Wildman–Crippen MR) is 72.8 cm³/mol. The highest BCUT2D eigenvalue weighted by Crippen LogP contribution is 2.18. The molecule has 0 unspecified atom stereocenters. The van der Waals surface area contributed by atoms with Crippen LogP contribution >= 0.6 is 0 Å². The fourth-order valence-corrected chi connectivity index (χ4v) is 2.00. The van der Waals surface area contributed by atoms with E-state index in [0.717, 1.165) is 0 Å². The lowest BCUT2D eigenvalue weighted by Crippen LogP contribution is -2.20. The largest absolute Gasteiger partial charge is 0.306 e. The summed E-state index contributed by atoms with van der Waals surface area (Å²) in [4.78, 5) is 0. The summed E-state index contributed by atoms with van der Waals surface area (Å²) in [6, 6.07) is 12.7. The summed E-state index contributed by atoms with van der Waals surface area (Å²) >= 11 is 0. The molecule has 102 valence electrons. The minimum absolute atomic E-state index is 0.0165. The van der Waals surface area contributed by atoms with Crippen LogP contribution in [0.2, 0.25) is 0 Å². The first kappa shape index (κ1) is 14.2. The number of benzene rings is 2. The van der Waals surface area contributed by atoms with E-state index in [0.29, 0.717) is 11.1 Å². The predicted octanol–water partition coefficient (Wildman–Crippen LogP) is 3.69. The Kier molecular flexibility index (Phi) is 4.44. The van der Waals surface area contributed by atoms with Crippen LogP contribution < -0.4 is 5.32 Å². The smallest absolute Gasteiger partial charge is 0.145 e. The summed E-state index contributed by atoms with van der Waals surface area (Å²) in [6.45, 7) is 2.04. The van der Waals surface area contributed by atoms with Gasteiger partial charge in [-0.1, -0.05) is 30.3 Å². The standard InChI is InChI=1S/C16H14F2N2/c1-11(14-7-2-3-8-15(14)17)20-10-13-6-4-5-12(9-19)16(13)18/h2-8,11,20H,10H2,1H3/t11-/m1/s1. The SMILES string of the molecule is C[C@@H](NCc1cccc(C#N)c1F)c1ccccc1F. The highest BCUT2D eigenvalue weighted by Gasteiger charge is 2.12. The maximum absolute atomic E-state index is 13.9. The van der Waals surface area contributed by atoms with Crippen molar-refractivity contribution in [2.24, 2.45) is 0 Å². The Morgan fingerprint density at radius 2 is 1.90 bits per heavy atom. The van der Waals surface area contributed by atoms with Gasteiger partial charge in [-0.2, -0.15) is 5.26 Å². The van der Waals surface area contributed by atoms with E-state index in [4.69, 9.17) is 5.26 Å². The zero-order chi connectivity index (χ0) is 14.5. The summed E-state index contributed by atoms with van der Waals surface area (Å²) in [5.41, 5.74) is 0.944. The first-order chi connectivity index (χ1) is 9.63. The van der Waals surface area contributed by atoms with Crippen LogP contribution in [0.3, 0.4) is 0 Å². The maximum atomic E-state index is 13.9. The Labute approximate surface area is 116 Å². The average molecular weight is 272 g/mol. The van der Waals surface area contributed by atoms with Gasteiger partial charge in [0, 0.05) is 23.7 Å². The summed E-state index contributed by atoms with van der Waals surface area (Å²) < 4.78 is 27.5. The van der Waals surface area contributed by atoms with Crippen LogP contribution in [0.25, 0.3) is 0 Å². The molecule has 0 spiro atoms. The van der Waals surface area contributed by atoms with Crippen LogP contribution in [0.4, 0.5) is 8.78 Å². The molecule has 2 rings (SSSR count). The van der Waals surface area contributed by atoms with Crippen molar-refractivity contribution >= 4 is 0 Å². The summed E-state index contributed by atoms with van der Waals surface area (Å²) in [7, 11) is 0. The number of nitrogens with zero attached hydrogens (tertiary/aromatic N) is 1. The lowest BCUT2D eigenvalue weighted by atomic mass is 10.1. The number of halogens is 2. The highest BCUT2D eigenvalue weighted by atomic mass is 19.1. The first-order valence-corrected chi connectivity index (χ1v) is 6.28. The molecule has 1 N–H and O–H groups in total. The molecule has 0 amide bonds. The van der Waals surface area contributed by atoms with Gasteiger partial charge in [0.15, 0.2) is 0 Å². The van der Waals surface area contributed by atoms with Gasteiger partial charge < -0.3 is 5.32 Å². The summed E-state index contributed by atoms with van der Waals surface area (Å²) in [5, 5.41) is 11.8. The van der Waals surface area contributed by atoms with Crippen LogP contribution in [0.15, 0.2) is 42.5 Å². The molecule has 0 radical (unpaired) electrons. The Morgan fingerprint density at radius 3 is 2.60 bits per heavy atom. The topological polar surface area (TPSA) is 35.8 Å². The van der Waals surface area contributed by atoms with E-state index in [1.54, 1.807) is 36.4 Å². The molecule has 2 aromatic carbocycles. The van der Waals surface area contributed by atoms with Gasteiger partial charge in [0.2, 0.25) is 0 Å². The molecule has 0 aromatic heterocycles. The maximum Gasteiger partial charge on any atom is 0.145 e. The van der Waals surface area contributed by atoms with E-state index in [2.05, 4.69) is 5.32 Å². The third kappa shape index (κ3) is 3.01. The number of nitrogens with one attached hydrogen (secondary N) is 1. The van der Waals surface area contributed by atoms with Crippen LogP contribution in [0.5, 0.6) is 0 Å². The number of hydrogen-bond donors (Lipinski definition) is 1. The Bertz CT molecular complexity index is 647. The third-order valence-corrected chi connectivity index (χ3v) is 3.17. The Morgan fingerprint density at radius 1 is 1.15 bits per heavy atom. The minimum Gasteiger partial charge on any atom is -0.306 e. The second kappa shape index (κ2) is 6.27. The van der Waals surface area contributed by atoms with Gasteiger partial charge >= 0.3 is 0 Å². The van der Waals surface area contributed by atoms with E-state index in [-0.39, 0.29) is 24.0 Å². The lowest BCUT2D eigenvalue weighted by Gasteiger charge is -2.15. The number of rotatable bonds is 4. The molecule has 0 aliphatic rings. The van der Waals surface area contributed by atoms with Crippen molar-refractivity contribution in [2.45, 2.75) is 19.5 Å². The number of hydrogen-bond acceptors (Lipinski definition) is 2. The lowest BCUT2D eigenvalue weighted by molar-refractivity contribution is 0.515. The van der Waals surface area contributed by atoms with Crippen molar-refractivity contribution in [3.63, 3.8) is 0 Å². The van der Waals surface area contributed by atoms with Crippen molar-refractivity contribution in [3.05, 3.63) is 70.8 Å². The van der Waals surface area contributed by atoms with Crippen LogP contribution in [0.1, 0.15) is 29.7 Å². The molecule has 0 fully saturated rings. The Hall–Kier alpha value is -2.25. The van der Waals surface area contributed by atoms with Crippen LogP contribution in [-0.2, 0) is 6.54 Å². The number of nitriles is 1. The van der Waals surface area contributed by atoms with Crippen LogP contribution in [-0.4, -0.2) is 0 Å². The van der Waals surface area contributed by atoms with E-state index in [1.165, 1.54) is 12.1 Å². The molecule has 20 heavy (non-hydrogen) atoms. The normalized spacial score (nSPS) is 11.9. The zero-order valence-electron chi connectivity index (χ0n) is 11.0. The molecular formula is C16H14F2N2. The molecule has 2 aromatic rings. The van der Waals surface area contributed by atoms with Crippen molar-refractivity contribution < 1.29 is 8.78 Å². The molecule has 0 bridgehead atoms. The van der Waals surface area contributed by atoms with Gasteiger partial charge in [-0.25, -0.2) is 8.78 Å². The van der Waals surface area contributed by atoms with E-state index in [9.17, 15) is 8.78 Å². The molecule has 0 saturated heterocycles. The van der Waals surface area contributed by atoms with E-state index in [1.807, 2.05) is 6.92 Å². The zero-order valence-corrected chi connectivity index (χ0v) is 11.0. The minimum atomic E-state index is -0.525. The van der Waals surface area contributed by atoms with Crippen molar-refractivity contribution in [1.29, 1.82) is 5.26 Å². The second-order valence-corrected chi connectivity index (χ2v) is 4.51. The van der Waals surface area contributed by atoms with Gasteiger partial charge in [0.05, 0.1) is 5.56 Å². The molecule has 2 nitrogen and oxygen atoms in total. The molecule has 1 atom stereocenters. The first-order valence-electron chi connectivity index (χ1n) is 6.28. The van der Waals surface area contributed by atoms with Gasteiger partial charge in [0.1, 0.15) is 17.7 Å². The Balaban J connectivity index is 2.10. The molecule has 0 aliphatic heterocycles. The molecule has 4 heteroatoms. The second-order valence-electron chi connectivity index (χ2n) is 4.51.